The zero-order valence-electron chi connectivity index (χ0n) is 16.6. The van der Waals surface area contributed by atoms with Crippen LogP contribution in [0.2, 0.25) is 0 Å². The largest absolute Gasteiger partial charge is 0.507 e. The van der Waals surface area contributed by atoms with Gasteiger partial charge in [0, 0.05) is 29.0 Å². The van der Waals surface area contributed by atoms with E-state index in [2.05, 4.69) is 15.5 Å². The molecule has 0 aliphatic heterocycles. The van der Waals surface area contributed by atoms with E-state index >= 15 is 0 Å². The number of carbonyl (C=O) groups is 1. The highest BCUT2D eigenvalue weighted by Gasteiger charge is 2.05. The number of hydrogen-bond acceptors (Lipinski definition) is 8. The van der Waals surface area contributed by atoms with Gasteiger partial charge < -0.3 is 14.6 Å². The van der Waals surface area contributed by atoms with E-state index in [1.165, 1.54) is 23.6 Å². The van der Waals surface area contributed by atoms with Crippen LogP contribution in [0.25, 0.3) is 11.3 Å². The van der Waals surface area contributed by atoms with E-state index in [9.17, 15) is 9.90 Å². The molecule has 0 fully saturated rings. The van der Waals surface area contributed by atoms with Crippen molar-refractivity contribution in [2.45, 2.75) is 19.8 Å². The van der Waals surface area contributed by atoms with Crippen molar-refractivity contribution in [3.05, 3.63) is 59.5 Å². The number of nitrogens with zero attached hydrogens (tertiary/aromatic N) is 2. The molecule has 0 aliphatic rings. The van der Waals surface area contributed by atoms with Crippen LogP contribution in [0.4, 0.5) is 5.13 Å². The molecular formula is C22H23N3O4S. The number of hydrazone groups is 1. The topological polar surface area (TPSA) is 93.0 Å². The van der Waals surface area contributed by atoms with E-state index in [0.717, 1.165) is 11.3 Å². The summed E-state index contributed by atoms with van der Waals surface area (Å²) in [4.78, 5) is 15.8. The van der Waals surface area contributed by atoms with Gasteiger partial charge in [-0.1, -0.05) is 30.3 Å². The van der Waals surface area contributed by atoms with Gasteiger partial charge in [0.2, 0.25) is 5.13 Å². The Morgan fingerprint density at radius 1 is 1.27 bits per heavy atom. The molecule has 1 heterocycles. The monoisotopic (exact) mass is 425 g/mol. The number of benzene rings is 2. The smallest absolute Gasteiger partial charge is 0.305 e. The van der Waals surface area contributed by atoms with Crippen LogP contribution in [0.1, 0.15) is 25.3 Å². The Bertz CT molecular complexity index is 989. The summed E-state index contributed by atoms with van der Waals surface area (Å²) < 4.78 is 10.4. The zero-order valence-corrected chi connectivity index (χ0v) is 17.4. The number of phenols is 1. The van der Waals surface area contributed by atoms with E-state index < -0.39 is 0 Å². The number of thiazole rings is 1. The number of nitrogens with one attached hydrogen (secondary N) is 1. The molecule has 8 heteroatoms. The van der Waals surface area contributed by atoms with Crippen LogP contribution < -0.4 is 10.2 Å². The first-order valence-electron chi connectivity index (χ1n) is 9.57. The van der Waals surface area contributed by atoms with Crippen molar-refractivity contribution in [3.63, 3.8) is 0 Å². The summed E-state index contributed by atoms with van der Waals surface area (Å²) in [6.45, 7) is 2.51. The molecule has 7 nitrogen and oxygen atoms in total. The average molecular weight is 426 g/mol. The van der Waals surface area contributed by atoms with Gasteiger partial charge in [0.1, 0.15) is 11.5 Å². The molecular weight excluding hydrogens is 402 g/mol. The zero-order chi connectivity index (χ0) is 21.2. The summed E-state index contributed by atoms with van der Waals surface area (Å²) in [6.07, 6.45) is 2.37. The Labute approximate surface area is 179 Å². The number of carbonyl (C=O) groups excluding carboxylic acids is 1. The standard InChI is InChI=1S/C22H23N3O4S/c1-2-28-21(27)9-6-12-29-18-11-10-17(20(26)13-18)14-23-25-22-24-19(15-30-22)16-7-4-3-5-8-16/h3-5,7-8,10-11,13-15,26H,2,6,9,12H2,1H3,(H,24,25). The summed E-state index contributed by atoms with van der Waals surface area (Å²) in [5.74, 6) is 0.334. The number of anilines is 1. The Morgan fingerprint density at radius 3 is 2.87 bits per heavy atom. The van der Waals surface area contributed by atoms with Gasteiger partial charge in [-0.25, -0.2) is 4.98 Å². The van der Waals surface area contributed by atoms with Gasteiger partial charge in [-0.2, -0.15) is 5.10 Å². The third-order valence-corrected chi connectivity index (χ3v) is 4.79. The van der Waals surface area contributed by atoms with Crippen LogP contribution in [0, 0.1) is 0 Å². The molecule has 0 atom stereocenters. The molecule has 0 spiro atoms. The van der Waals surface area contributed by atoms with E-state index in [-0.39, 0.29) is 11.7 Å². The lowest BCUT2D eigenvalue weighted by Crippen LogP contribution is -2.06. The van der Waals surface area contributed by atoms with Crippen LogP contribution in [-0.2, 0) is 9.53 Å². The summed E-state index contributed by atoms with van der Waals surface area (Å²) in [5, 5.41) is 16.9. The molecule has 0 unspecified atom stereocenters. The first kappa shape index (κ1) is 21.3. The molecule has 0 aliphatic carbocycles. The van der Waals surface area contributed by atoms with Crippen LogP contribution in [0.3, 0.4) is 0 Å². The maximum atomic E-state index is 11.3. The third kappa shape index (κ3) is 6.31. The highest BCUT2D eigenvalue weighted by Crippen LogP contribution is 2.25. The van der Waals surface area contributed by atoms with Crippen molar-refractivity contribution in [2.24, 2.45) is 5.10 Å². The van der Waals surface area contributed by atoms with Crippen LogP contribution in [0.5, 0.6) is 11.5 Å². The highest BCUT2D eigenvalue weighted by molar-refractivity contribution is 7.14. The number of esters is 1. The van der Waals surface area contributed by atoms with Crippen molar-refractivity contribution in [1.29, 1.82) is 0 Å². The van der Waals surface area contributed by atoms with Crippen molar-refractivity contribution in [1.82, 2.24) is 4.98 Å². The van der Waals surface area contributed by atoms with Crippen LogP contribution in [-0.4, -0.2) is 35.5 Å². The normalized spacial score (nSPS) is 10.8. The molecule has 2 aromatic carbocycles. The van der Waals surface area contributed by atoms with Crippen molar-refractivity contribution >= 4 is 28.7 Å². The number of hydrogen-bond donors (Lipinski definition) is 2. The SMILES string of the molecule is CCOC(=O)CCCOc1ccc(C=NNc2nc(-c3ccccc3)cs2)c(O)c1. The number of aromatic nitrogens is 1. The van der Waals surface area contributed by atoms with Crippen LogP contribution in [0.15, 0.2) is 59.0 Å². The number of phenolic OH excluding ortho intramolecular Hbond substituents is 1. The lowest BCUT2D eigenvalue weighted by molar-refractivity contribution is -0.143. The van der Waals surface area contributed by atoms with E-state index in [1.54, 1.807) is 19.1 Å². The van der Waals surface area contributed by atoms with E-state index in [0.29, 0.717) is 42.5 Å². The third-order valence-electron chi connectivity index (χ3n) is 4.04. The lowest BCUT2D eigenvalue weighted by Gasteiger charge is -2.07. The van der Waals surface area contributed by atoms with Crippen molar-refractivity contribution < 1.29 is 19.4 Å². The van der Waals surface area contributed by atoms with Gasteiger partial charge >= 0.3 is 5.97 Å². The molecule has 2 N–H and O–H groups in total. The van der Waals surface area contributed by atoms with Gasteiger partial charge in [0.25, 0.3) is 0 Å². The second kappa shape index (κ2) is 11.0. The molecule has 0 radical (unpaired) electrons. The maximum absolute atomic E-state index is 11.3. The maximum Gasteiger partial charge on any atom is 0.305 e. The first-order chi connectivity index (χ1) is 14.7. The average Bonchev–Trinajstić information content (AvgIpc) is 3.22. The summed E-state index contributed by atoms with van der Waals surface area (Å²) in [7, 11) is 0. The summed E-state index contributed by atoms with van der Waals surface area (Å²) in [5.41, 5.74) is 5.34. The predicted molar refractivity (Wildman–Crippen MR) is 118 cm³/mol. The Morgan fingerprint density at radius 2 is 2.10 bits per heavy atom. The van der Waals surface area contributed by atoms with Gasteiger partial charge in [-0.3, -0.25) is 10.2 Å². The van der Waals surface area contributed by atoms with E-state index in [4.69, 9.17) is 9.47 Å². The lowest BCUT2D eigenvalue weighted by atomic mass is 10.2. The van der Waals surface area contributed by atoms with Gasteiger partial charge in [-0.15, -0.1) is 11.3 Å². The predicted octanol–water partition coefficient (Wildman–Crippen LogP) is 4.68. The molecule has 30 heavy (non-hydrogen) atoms. The number of rotatable bonds is 10. The molecule has 0 bridgehead atoms. The molecule has 156 valence electrons. The first-order valence-corrected chi connectivity index (χ1v) is 10.4. The van der Waals surface area contributed by atoms with Crippen LogP contribution >= 0.6 is 11.3 Å². The minimum atomic E-state index is -0.237. The van der Waals surface area contributed by atoms with E-state index in [1.807, 2.05) is 35.7 Å². The minimum absolute atomic E-state index is 0.0487. The fourth-order valence-electron chi connectivity index (χ4n) is 2.59. The Hall–Kier alpha value is -3.39. The molecule has 0 amide bonds. The molecule has 3 rings (SSSR count). The Balaban J connectivity index is 1.49. The minimum Gasteiger partial charge on any atom is -0.507 e. The summed E-state index contributed by atoms with van der Waals surface area (Å²) >= 11 is 1.45. The quantitative estimate of drug-likeness (QED) is 0.212. The fourth-order valence-corrected chi connectivity index (χ4v) is 3.25. The number of ether oxygens (including phenoxy) is 2. The van der Waals surface area contributed by atoms with Crippen molar-refractivity contribution in [3.8, 4) is 22.8 Å². The molecule has 0 saturated heterocycles. The molecule has 1 aromatic heterocycles. The van der Waals surface area contributed by atoms with Gasteiger partial charge in [0.15, 0.2) is 0 Å². The highest BCUT2D eigenvalue weighted by atomic mass is 32.1. The fraction of sp³-hybridized carbons (Fsp3) is 0.227. The molecule has 0 saturated carbocycles. The second-order valence-electron chi connectivity index (χ2n) is 6.25. The number of aromatic hydroxyl groups is 1. The Kier molecular flexibility index (Phi) is 7.79. The van der Waals surface area contributed by atoms with Gasteiger partial charge in [-0.05, 0) is 25.5 Å². The van der Waals surface area contributed by atoms with Crippen molar-refractivity contribution in [2.75, 3.05) is 18.6 Å². The summed E-state index contributed by atoms with van der Waals surface area (Å²) in [6, 6.07) is 14.9. The second-order valence-corrected chi connectivity index (χ2v) is 7.11. The van der Waals surface area contributed by atoms with Gasteiger partial charge in [0.05, 0.1) is 25.1 Å². The molecule has 3 aromatic rings.